The van der Waals surface area contributed by atoms with Gasteiger partial charge in [-0.05, 0) is 41.8 Å². The largest absolute Gasteiger partial charge is 0.348 e. The molecule has 0 unspecified atom stereocenters. The lowest BCUT2D eigenvalue weighted by molar-refractivity contribution is -0.117. The number of carbonyl (C=O) groups excluding carboxylic acids is 1. The molecule has 1 N–H and O–H groups in total. The van der Waals surface area contributed by atoms with Crippen LogP contribution in [-0.4, -0.2) is 23.9 Å². The number of benzene rings is 2. The van der Waals surface area contributed by atoms with Crippen molar-refractivity contribution >= 4 is 21.8 Å². The van der Waals surface area contributed by atoms with Crippen LogP contribution in [0.15, 0.2) is 64.7 Å². The second kappa shape index (κ2) is 8.41. The summed E-state index contributed by atoms with van der Waals surface area (Å²) in [7, 11) is 0. The molecule has 3 nitrogen and oxygen atoms in total. The molecule has 130 valence electrons. The summed E-state index contributed by atoms with van der Waals surface area (Å²) in [5.41, 5.74) is 2.99. The fraction of sp³-hybridized carbons (Fsp3) is 0.250. The van der Waals surface area contributed by atoms with Gasteiger partial charge in [-0.25, -0.2) is 4.39 Å². The highest BCUT2D eigenvalue weighted by Gasteiger charge is 2.17. The SMILES string of the molecule is O=C(NCc1cccc(Br)c1)C1=CCN(Cc2ccc(F)cc2)CC1. The maximum Gasteiger partial charge on any atom is 0.247 e. The van der Waals surface area contributed by atoms with Crippen LogP contribution in [0.25, 0.3) is 0 Å². The summed E-state index contributed by atoms with van der Waals surface area (Å²) in [6.45, 7) is 2.85. The Morgan fingerprint density at radius 2 is 1.96 bits per heavy atom. The van der Waals surface area contributed by atoms with Crippen molar-refractivity contribution in [3.8, 4) is 0 Å². The Bertz CT molecular complexity index is 774. The van der Waals surface area contributed by atoms with Crippen LogP contribution in [-0.2, 0) is 17.9 Å². The van der Waals surface area contributed by atoms with Crippen LogP contribution in [0.4, 0.5) is 4.39 Å². The third-order valence-corrected chi connectivity index (χ3v) is 4.74. The van der Waals surface area contributed by atoms with E-state index in [9.17, 15) is 9.18 Å². The fourth-order valence-electron chi connectivity index (χ4n) is 2.85. The van der Waals surface area contributed by atoms with Crippen molar-refractivity contribution in [1.29, 1.82) is 0 Å². The number of nitrogens with zero attached hydrogens (tertiary/aromatic N) is 1. The number of carbonyl (C=O) groups is 1. The molecule has 2 aromatic rings. The van der Waals surface area contributed by atoms with E-state index in [1.165, 1.54) is 12.1 Å². The zero-order chi connectivity index (χ0) is 17.6. The predicted octanol–water partition coefficient (Wildman–Crippen LogP) is 4.04. The van der Waals surface area contributed by atoms with Crippen molar-refractivity contribution in [2.24, 2.45) is 0 Å². The molecule has 0 saturated heterocycles. The lowest BCUT2D eigenvalue weighted by Crippen LogP contribution is -2.33. The van der Waals surface area contributed by atoms with Gasteiger partial charge in [0.15, 0.2) is 0 Å². The standard InChI is InChI=1S/C20H20BrFN2O/c21-18-3-1-2-16(12-18)13-23-20(25)17-8-10-24(11-9-17)14-15-4-6-19(22)7-5-15/h1-8,12H,9-11,13-14H2,(H,23,25). The summed E-state index contributed by atoms with van der Waals surface area (Å²) in [5, 5.41) is 2.98. The quantitative estimate of drug-likeness (QED) is 0.818. The highest BCUT2D eigenvalue weighted by atomic mass is 79.9. The summed E-state index contributed by atoms with van der Waals surface area (Å²) in [6.07, 6.45) is 2.72. The van der Waals surface area contributed by atoms with Crippen molar-refractivity contribution in [1.82, 2.24) is 10.2 Å². The van der Waals surface area contributed by atoms with Gasteiger partial charge in [0.2, 0.25) is 5.91 Å². The van der Waals surface area contributed by atoms with Crippen molar-refractivity contribution in [2.45, 2.75) is 19.5 Å². The van der Waals surface area contributed by atoms with E-state index >= 15 is 0 Å². The fourth-order valence-corrected chi connectivity index (χ4v) is 3.30. The summed E-state index contributed by atoms with van der Waals surface area (Å²) in [4.78, 5) is 14.6. The van der Waals surface area contributed by atoms with Crippen molar-refractivity contribution in [2.75, 3.05) is 13.1 Å². The highest BCUT2D eigenvalue weighted by Crippen LogP contribution is 2.15. The number of nitrogens with one attached hydrogen (secondary N) is 1. The van der Waals surface area contributed by atoms with Crippen LogP contribution >= 0.6 is 15.9 Å². The molecule has 0 radical (unpaired) electrons. The van der Waals surface area contributed by atoms with Gasteiger partial charge in [-0.1, -0.05) is 46.3 Å². The van der Waals surface area contributed by atoms with Crippen LogP contribution in [0.5, 0.6) is 0 Å². The normalized spacial score (nSPS) is 14.9. The maximum atomic E-state index is 13.0. The first-order chi connectivity index (χ1) is 12.1. The van der Waals surface area contributed by atoms with Gasteiger partial charge in [0.05, 0.1) is 0 Å². The summed E-state index contributed by atoms with van der Waals surface area (Å²) < 4.78 is 14.0. The smallest absolute Gasteiger partial charge is 0.247 e. The van der Waals surface area contributed by atoms with Gasteiger partial charge in [-0.3, -0.25) is 9.69 Å². The van der Waals surface area contributed by atoms with Gasteiger partial charge in [-0.2, -0.15) is 0 Å². The topological polar surface area (TPSA) is 32.3 Å². The van der Waals surface area contributed by atoms with Gasteiger partial charge >= 0.3 is 0 Å². The molecule has 1 aliphatic rings. The Balaban J connectivity index is 1.50. The first kappa shape index (κ1) is 17.8. The van der Waals surface area contributed by atoms with E-state index in [2.05, 4.69) is 26.1 Å². The molecule has 1 amide bonds. The average molecular weight is 403 g/mol. The lowest BCUT2D eigenvalue weighted by atomic mass is 10.1. The van der Waals surface area contributed by atoms with E-state index in [0.29, 0.717) is 6.54 Å². The van der Waals surface area contributed by atoms with Gasteiger partial charge in [0.1, 0.15) is 5.82 Å². The zero-order valence-electron chi connectivity index (χ0n) is 13.8. The Morgan fingerprint density at radius 1 is 1.16 bits per heavy atom. The molecule has 0 fully saturated rings. The third-order valence-electron chi connectivity index (χ3n) is 4.25. The molecule has 0 spiro atoms. The highest BCUT2D eigenvalue weighted by molar-refractivity contribution is 9.10. The number of amides is 1. The molecular formula is C20H20BrFN2O. The molecule has 3 rings (SSSR count). The van der Waals surface area contributed by atoms with E-state index in [1.807, 2.05) is 30.3 Å². The molecule has 0 aliphatic carbocycles. The van der Waals surface area contributed by atoms with Crippen molar-refractivity contribution in [3.63, 3.8) is 0 Å². The molecule has 5 heteroatoms. The van der Waals surface area contributed by atoms with E-state index in [0.717, 1.165) is 47.2 Å². The average Bonchev–Trinajstić information content (AvgIpc) is 2.62. The second-order valence-corrected chi connectivity index (χ2v) is 7.07. The molecule has 1 heterocycles. The monoisotopic (exact) mass is 402 g/mol. The molecule has 0 aromatic heterocycles. The van der Waals surface area contributed by atoms with Crippen LogP contribution in [0.2, 0.25) is 0 Å². The van der Waals surface area contributed by atoms with E-state index in [1.54, 1.807) is 12.1 Å². The summed E-state index contributed by atoms with van der Waals surface area (Å²) in [6, 6.07) is 14.5. The maximum absolute atomic E-state index is 13.0. The molecule has 1 aliphatic heterocycles. The Morgan fingerprint density at radius 3 is 2.64 bits per heavy atom. The molecule has 2 aromatic carbocycles. The van der Waals surface area contributed by atoms with Crippen molar-refractivity contribution < 1.29 is 9.18 Å². The van der Waals surface area contributed by atoms with Crippen LogP contribution in [0.1, 0.15) is 17.5 Å². The Hall–Kier alpha value is -1.98. The first-order valence-corrected chi connectivity index (χ1v) is 9.08. The second-order valence-electron chi connectivity index (χ2n) is 6.15. The number of hydrogen-bond donors (Lipinski definition) is 1. The van der Waals surface area contributed by atoms with Crippen molar-refractivity contribution in [3.05, 3.63) is 81.6 Å². The van der Waals surface area contributed by atoms with Crippen LogP contribution < -0.4 is 5.32 Å². The zero-order valence-corrected chi connectivity index (χ0v) is 15.4. The van der Waals surface area contributed by atoms with Gasteiger partial charge < -0.3 is 5.32 Å². The summed E-state index contributed by atoms with van der Waals surface area (Å²) >= 11 is 3.43. The van der Waals surface area contributed by atoms with Crippen LogP contribution in [0.3, 0.4) is 0 Å². The number of rotatable bonds is 5. The first-order valence-electron chi connectivity index (χ1n) is 8.28. The molecule has 0 bridgehead atoms. The van der Waals surface area contributed by atoms with Crippen LogP contribution in [0, 0.1) is 5.82 Å². The minimum atomic E-state index is -0.216. The number of hydrogen-bond acceptors (Lipinski definition) is 2. The van der Waals surface area contributed by atoms with Gasteiger partial charge in [-0.15, -0.1) is 0 Å². The molecular weight excluding hydrogens is 383 g/mol. The van der Waals surface area contributed by atoms with Gasteiger partial charge in [0, 0.05) is 36.2 Å². The summed E-state index contributed by atoms with van der Waals surface area (Å²) in [5.74, 6) is -0.215. The minimum absolute atomic E-state index is 0.00130. The molecule has 25 heavy (non-hydrogen) atoms. The van der Waals surface area contributed by atoms with E-state index in [-0.39, 0.29) is 11.7 Å². The Kier molecular flexibility index (Phi) is 6.00. The number of halogens is 2. The van der Waals surface area contributed by atoms with E-state index < -0.39 is 0 Å². The van der Waals surface area contributed by atoms with E-state index in [4.69, 9.17) is 0 Å². The third kappa shape index (κ3) is 5.25. The predicted molar refractivity (Wildman–Crippen MR) is 100 cm³/mol. The minimum Gasteiger partial charge on any atom is -0.348 e. The van der Waals surface area contributed by atoms with Gasteiger partial charge in [0.25, 0.3) is 0 Å². The lowest BCUT2D eigenvalue weighted by Gasteiger charge is -2.26. The Labute approximate surface area is 155 Å². The molecule has 0 saturated carbocycles. The molecule has 0 atom stereocenters.